The summed E-state index contributed by atoms with van der Waals surface area (Å²) in [5.74, 6) is 0.369. The minimum atomic E-state index is 0.369. The lowest BCUT2D eigenvalue weighted by Gasteiger charge is -2.12. The number of hydrogen-bond acceptors (Lipinski definition) is 4. The molecule has 0 saturated heterocycles. The van der Waals surface area contributed by atoms with E-state index in [-0.39, 0.29) is 0 Å². The molecular weight excluding hydrogens is 254 g/mol. The molecule has 2 aromatic heterocycles. The maximum Gasteiger partial charge on any atom is 0.0662 e. The number of aromatic nitrogens is 3. The highest BCUT2D eigenvalue weighted by atomic mass is 32.2. The van der Waals surface area contributed by atoms with Gasteiger partial charge in [0.2, 0.25) is 0 Å². The second-order valence-corrected chi connectivity index (χ2v) is 5.90. The van der Waals surface area contributed by atoms with Gasteiger partial charge >= 0.3 is 0 Å². The molecule has 100 valence electrons. The van der Waals surface area contributed by atoms with Crippen molar-refractivity contribution < 1.29 is 0 Å². The van der Waals surface area contributed by atoms with Gasteiger partial charge in [0, 0.05) is 23.6 Å². The summed E-state index contributed by atoms with van der Waals surface area (Å²) in [5, 5.41) is 8.56. The Hall–Kier alpha value is -1.42. The number of rotatable bonds is 5. The van der Waals surface area contributed by atoms with Crippen LogP contribution in [0.3, 0.4) is 0 Å². The quantitative estimate of drug-likeness (QED) is 0.833. The minimum Gasteiger partial charge on any atom is -0.260 e. The fraction of sp³-hybridized carbons (Fsp3) is 0.400. The lowest BCUT2D eigenvalue weighted by Crippen LogP contribution is -2.03. The molecule has 0 bridgehead atoms. The highest BCUT2D eigenvalue weighted by molar-refractivity contribution is 7.98. The molecule has 0 fully saturated rings. The zero-order valence-electron chi connectivity index (χ0n) is 11.6. The molecule has 0 aliphatic carbocycles. The van der Waals surface area contributed by atoms with Gasteiger partial charge in [-0.15, -0.1) is 0 Å². The van der Waals surface area contributed by atoms with Crippen LogP contribution in [0.4, 0.5) is 0 Å². The van der Waals surface area contributed by atoms with Crippen LogP contribution in [0, 0.1) is 0 Å². The molecule has 4 heteroatoms. The van der Waals surface area contributed by atoms with Gasteiger partial charge in [-0.2, -0.15) is 22.0 Å². The summed E-state index contributed by atoms with van der Waals surface area (Å²) in [4.78, 5) is 4.44. The van der Waals surface area contributed by atoms with E-state index in [0.29, 0.717) is 11.2 Å². The van der Waals surface area contributed by atoms with Gasteiger partial charge < -0.3 is 0 Å². The Morgan fingerprint density at radius 3 is 2.68 bits per heavy atom. The molecule has 0 aromatic carbocycles. The molecule has 2 aromatic rings. The van der Waals surface area contributed by atoms with E-state index < -0.39 is 0 Å². The normalized spacial score (nSPS) is 14.1. The van der Waals surface area contributed by atoms with E-state index in [1.165, 1.54) is 5.56 Å². The molecule has 0 saturated carbocycles. The summed E-state index contributed by atoms with van der Waals surface area (Å²) in [7, 11) is 0. The highest BCUT2D eigenvalue weighted by Crippen LogP contribution is 2.25. The van der Waals surface area contributed by atoms with E-state index in [4.69, 9.17) is 0 Å². The van der Waals surface area contributed by atoms with Crippen LogP contribution >= 0.6 is 11.8 Å². The maximum atomic E-state index is 4.44. The molecule has 0 spiro atoms. The summed E-state index contributed by atoms with van der Waals surface area (Å²) in [6.45, 7) is 4.37. The number of pyridine rings is 1. The van der Waals surface area contributed by atoms with Crippen molar-refractivity contribution in [2.24, 2.45) is 0 Å². The molecule has 0 amide bonds. The largest absolute Gasteiger partial charge is 0.260 e. The van der Waals surface area contributed by atoms with Gasteiger partial charge in [-0.05, 0) is 49.4 Å². The lowest BCUT2D eigenvalue weighted by atomic mass is 9.98. The lowest BCUT2D eigenvalue weighted by molar-refractivity contribution is 0.708. The van der Waals surface area contributed by atoms with Crippen molar-refractivity contribution in [1.29, 1.82) is 0 Å². The van der Waals surface area contributed by atoms with Crippen LogP contribution in [-0.2, 0) is 6.42 Å². The fourth-order valence-electron chi connectivity index (χ4n) is 2.00. The Bertz CT molecular complexity index is 516. The minimum absolute atomic E-state index is 0.369. The van der Waals surface area contributed by atoms with Crippen molar-refractivity contribution in [1.82, 2.24) is 15.2 Å². The first-order valence-electron chi connectivity index (χ1n) is 6.46. The Balaban J connectivity index is 2.11. The van der Waals surface area contributed by atoms with Crippen LogP contribution in [0.25, 0.3) is 0 Å². The summed E-state index contributed by atoms with van der Waals surface area (Å²) < 4.78 is 0. The second-order valence-electron chi connectivity index (χ2n) is 4.72. The third kappa shape index (κ3) is 3.77. The average molecular weight is 273 g/mol. The smallest absolute Gasteiger partial charge is 0.0662 e. The molecule has 0 N–H and O–H groups in total. The predicted octanol–water partition coefficient (Wildman–Crippen LogP) is 3.64. The van der Waals surface area contributed by atoms with Crippen LogP contribution in [0.2, 0.25) is 0 Å². The van der Waals surface area contributed by atoms with E-state index >= 15 is 0 Å². The van der Waals surface area contributed by atoms with Crippen molar-refractivity contribution in [3.8, 4) is 0 Å². The molecule has 0 radical (unpaired) electrons. The standard InChI is InChI=1S/C15H19N3S/c1-11(14-5-4-7-17-18-14)9-13-6-8-16-15(10-13)12(2)19-3/h4-8,10-12H,9H2,1-3H3. The SMILES string of the molecule is CSC(C)c1cc(CC(C)c2cccnn2)ccn1. The van der Waals surface area contributed by atoms with Gasteiger partial charge in [-0.25, -0.2) is 0 Å². The van der Waals surface area contributed by atoms with Crippen LogP contribution in [0.1, 0.15) is 42.0 Å². The first-order chi connectivity index (χ1) is 9.20. The van der Waals surface area contributed by atoms with E-state index in [9.17, 15) is 0 Å². The Kier molecular flexibility index (Phi) is 4.91. The van der Waals surface area contributed by atoms with Gasteiger partial charge in [-0.3, -0.25) is 4.98 Å². The summed E-state index contributed by atoms with van der Waals surface area (Å²) >= 11 is 1.82. The van der Waals surface area contributed by atoms with Gasteiger partial charge in [0.1, 0.15) is 0 Å². The number of nitrogens with zero attached hydrogens (tertiary/aromatic N) is 3. The van der Waals surface area contributed by atoms with Gasteiger partial charge in [-0.1, -0.05) is 6.92 Å². The van der Waals surface area contributed by atoms with Gasteiger partial charge in [0.15, 0.2) is 0 Å². The van der Waals surface area contributed by atoms with Crippen molar-refractivity contribution in [3.63, 3.8) is 0 Å². The van der Waals surface area contributed by atoms with Gasteiger partial charge in [0.05, 0.1) is 11.4 Å². The van der Waals surface area contributed by atoms with Crippen LogP contribution in [-0.4, -0.2) is 21.4 Å². The van der Waals surface area contributed by atoms with Crippen molar-refractivity contribution in [3.05, 3.63) is 53.6 Å². The van der Waals surface area contributed by atoms with Gasteiger partial charge in [0.25, 0.3) is 0 Å². The molecule has 2 heterocycles. The Morgan fingerprint density at radius 1 is 1.16 bits per heavy atom. The molecule has 19 heavy (non-hydrogen) atoms. The fourth-order valence-corrected chi connectivity index (χ4v) is 2.37. The topological polar surface area (TPSA) is 38.7 Å². The zero-order valence-corrected chi connectivity index (χ0v) is 12.4. The first kappa shape index (κ1) is 14.0. The van der Waals surface area contributed by atoms with E-state index in [1.807, 2.05) is 30.1 Å². The molecule has 0 aliphatic heterocycles. The van der Waals surface area contributed by atoms with Crippen molar-refractivity contribution in [2.75, 3.05) is 6.26 Å². The number of hydrogen-bond donors (Lipinski definition) is 0. The summed E-state index contributed by atoms with van der Waals surface area (Å²) in [5.41, 5.74) is 3.50. The monoisotopic (exact) mass is 273 g/mol. The average Bonchev–Trinajstić information content (AvgIpc) is 2.47. The van der Waals surface area contributed by atoms with Crippen LogP contribution in [0.5, 0.6) is 0 Å². The molecule has 2 atom stereocenters. The number of thioether (sulfide) groups is 1. The molecular formula is C15H19N3S. The Labute approximate surface area is 118 Å². The summed E-state index contributed by atoms with van der Waals surface area (Å²) in [6.07, 6.45) is 6.69. The molecule has 3 nitrogen and oxygen atoms in total. The van der Waals surface area contributed by atoms with E-state index in [2.05, 4.69) is 47.4 Å². The maximum absolute atomic E-state index is 4.44. The molecule has 2 unspecified atom stereocenters. The van der Waals surface area contributed by atoms with Crippen LogP contribution in [0.15, 0.2) is 36.7 Å². The van der Waals surface area contributed by atoms with Crippen molar-refractivity contribution >= 4 is 11.8 Å². The molecule has 2 rings (SSSR count). The van der Waals surface area contributed by atoms with Crippen molar-refractivity contribution in [2.45, 2.75) is 31.4 Å². The van der Waals surface area contributed by atoms with Crippen LogP contribution < -0.4 is 0 Å². The predicted molar refractivity (Wildman–Crippen MR) is 80.3 cm³/mol. The molecule has 0 aliphatic rings. The second kappa shape index (κ2) is 6.66. The zero-order chi connectivity index (χ0) is 13.7. The van der Waals surface area contributed by atoms with E-state index in [0.717, 1.165) is 17.8 Å². The first-order valence-corrected chi connectivity index (χ1v) is 7.74. The van der Waals surface area contributed by atoms with E-state index in [1.54, 1.807) is 6.20 Å². The third-order valence-corrected chi connectivity index (χ3v) is 4.20. The third-order valence-electron chi connectivity index (χ3n) is 3.26. The Morgan fingerprint density at radius 2 is 2.00 bits per heavy atom. The summed E-state index contributed by atoms with van der Waals surface area (Å²) in [6, 6.07) is 8.26. The highest BCUT2D eigenvalue weighted by Gasteiger charge is 2.10.